The van der Waals surface area contributed by atoms with Crippen molar-refractivity contribution in [2.75, 3.05) is 0 Å². The number of rotatable bonds is 4. The molecule has 0 spiro atoms. The second-order valence-electron chi connectivity index (χ2n) is 4.60. The van der Waals surface area contributed by atoms with Gasteiger partial charge in [-0.3, -0.25) is 4.79 Å². The quantitative estimate of drug-likeness (QED) is 0.923. The van der Waals surface area contributed by atoms with Gasteiger partial charge in [0.25, 0.3) is 5.56 Å². The highest BCUT2D eigenvalue weighted by atomic mass is 32.1. The Balaban J connectivity index is 2.37. The third-order valence-electron chi connectivity index (χ3n) is 2.65. The highest BCUT2D eigenvalue weighted by Crippen LogP contribution is 2.28. The molecule has 0 atom stereocenters. The molecule has 0 amide bonds. The summed E-state index contributed by atoms with van der Waals surface area (Å²) in [5.74, 6) is 0.459. The van der Waals surface area contributed by atoms with Gasteiger partial charge in [-0.1, -0.05) is 19.9 Å². The summed E-state index contributed by atoms with van der Waals surface area (Å²) in [6, 6.07) is 5.01. The Hall–Kier alpha value is -1.62. The summed E-state index contributed by atoms with van der Waals surface area (Å²) in [4.78, 5) is 12.6. The highest BCUT2D eigenvalue weighted by Gasteiger charge is 2.11. The molecule has 4 nitrogen and oxygen atoms in total. The van der Waals surface area contributed by atoms with Crippen LogP contribution in [-0.4, -0.2) is 14.9 Å². The van der Waals surface area contributed by atoms with Crippen molar-refractivity contribution in [2.24, 2.45) is 5.92 Å². The summed E-state index contributed by atoms with van der Waals surface area (Å²) < 4.78 is 1.43. The molecule has 0 aliphatic carbocycles. The zero-order valence-electron chi connectivity index (χ0n) is 10.5. The van der Waals surface area contributed by atoms with E-state index in [2.05, 4.69) is 18.9 Å². The Morgan fingerprint density at radius 3 is 2.89 bits per heavy atom. The van der Waals surface area contributed by atoms with Gasteiger partial charge in [0.05, 0.1) is 4.88 Å². The average Bonchev–Trinajstić information content (AvgIpc) is 2.81. The van der Waals surface area contributed by atoms with Crippen LogP contribution in [0.4, 0.5) is 0 Å². The Morgan fingerprint density at radius 2 is 2.28 bits per heavy atom. The number of hydrogen-bond acceptors (Lipinski definition) is 4. The number of aromatic hydroxyl groups is 1. The predicted molar refractivity (Wildman–Crippen MR) is 72.9 cm³/mol. The Labute approximate surface area is 110 Å². The molecule has 5 heteroatoms. The normalized spacial score (nSPS) is 11.1. The van der Waals surface area contributed by atoms with Gasteiger partial charge in [0.15, 0.2) is 0 Å². The topological polar surface area (TPSA) is 55.1 Å². The maximum Gasteiger partial charge on any atom is 0.270 e. The molecule has 0 radical (unpaired) electrons. The van der Waals surface area contributed by atoms with Crippen LogP contribution in [0.3, 0.4) is 0 Å². The molecule has 0 aromatic carbocycles. The molecule has 0 aliphatic rings. The Morgan fingerprint density at radius 1 is 1.50 bits per heavy atom. The molecule has 2 aromatic heterocycles. The van der Waals surface area contributed by atoms with Crippen LogP contribution >= 0.6 is 11.3 Å². The van der Waals surface area contributed by atoms with E-state index in [0.29, 0.717) is 18.2 Å². The van der Waals surface area contributed by atoms with Gasteiger partial charge in [-0.05, 0) is 23.8 Å². The Kier molecular flexibility index (Phi) is 3.81. The number of aromatic nitrogens is 2. The monoisotopic (exact) mass is 264 g/mol. The maximum absolute atomic E-state index is 11.7. The standard InChI is InChI=1S/C13H16N2O2S/c1-9(2)5-6-15-12(17)8-10(16)13(14-15)11-4-3-7-18-11/h3-4,7-9,16H,5-6H2,1-2H3. The van der Waals surface area contributed by atoms with Gasteiger partial charge in [0, 0.05) is 12.6 Å². The smallest absolute Gasteiger partial charge is 0.270 e. The van der Waals surface area contributed by atoms with Gasteiger partial charge in [-0.2, -0.15) is 5.10 Å². The minimum absolute atomic E-state index is 0.0525. The number of thiophene rings is 1. The first-order valence-electron chi connectivity index (χ1n) is 5.93. The summed E-state index contributed by atoms with van der Waals surface area (Å²) in [5, 5.41) is 16.0. The largest absolute Gasteiger partial charge is 0.505 e. The summed E-state index contributed by atoms with van der Waals surface area (Å²) >= 11 is 1.49. The molecular formula is C13H16N2O2S. The predicted octanol–water partition coefficient (Wildman–Crippen LogP) is 2.72. The van der Waals surface area contributed by atoms with E-state index < -0.39 is 0 Å². The van der Waals surface area contributed by atoms with Gasteiger partial charge in [0.1, 0.15) is 11.4 Å². The van der Waals surface area contributed by atoms with Crippen molar-refractivity contribution in [3.05, 3.63) is 33.9 Å². The Bertz CT molecular complexity index is 573. The van der Waals surface area contributed by atoms with Crippen LogP contribution in [0.15, 0.2) is 28.4 Å². The third kappa shape index (κ3) is 2.79. The van der Waals surface area contributed by atoms with Gasteiger partial charge in [-0.25, -0.2) is 4.68 Å². The molecule has 2 heterocycles. The van der Waals surface area contributed by atoms with Gasteiger partial charge >= 0.3 is 0 Å². The van der Waals surface area contributed by atoms with E-state index in [4.69, 9.17) is 0 Å². The fraction of sp³-hybridized carbons (Fsp3) is 0.385. The number of hydrogen-bond donors (Lipinski definition) is 1. The summed E-state index contributed by atoms with van der Waals surface area (Å²) in [6.07, 6.45) is 0.890. The zero-order valence-corrected chi connectivity index (χ0v) is 11.3. The molecule has 0 unspecified atom stereocenters. The summed E-state index contributed by atoms with van der Waals surface area (Å²) in [5.41, 5.74) is 0.224. The minimum atomic E-state index is -0.256. The van der Waals surface area contributed by atoms with E-state index in [1.54, 1.807) is 0 Å². The van der Waals surface area contributed by atoms with E-state index >= 15 is 0 Å². The highest BCUT2D eigenvalue weighted by molar-refractivity contribution is 7.13. The van der Waals surface area contributed by atoms with Crippen molar-refractivity contribution in [3.8, 4) is 16.3 Å². The van der Waals surface area contributed by atoms with Crippen molar-refractivity contribution in [1.82, 2.24) is 9.78 Å². The minimum Gasteiger partial charge on any atom is -0.505 e. The van der Waals surface area contributed by atoms with E-state index in [1.807, 2.05) is 17.5 Å². The second kappa shape index (κ2) is 5.35. The van der Waals surface area contributed by atoms with Crippen LogP contribution < -0.4 is 5.56 Å². The van der Waals surface area contributed by atoms with Crippen molar-refractivity contribution < 1.29 is 5.11 Å². The lowest BCUT2D eigenvalue weighted by Gasteiger charge is -2.09. The van der Waals surface area contributed by atoms with Crippen LogP contribution in [0.1, 0.15) is 20.3 Å². The molecule has 96 valence electrons. The van der Waals surface area contributed by atoms with Crippen LogP contribution in [0.25, 0.3) is 10.6 Å². The van der Waals surface area contributed by atoms with E-state index in [1.165, 1.54) is 22.1 Å². The van der Waals surface area contributed by atoms with Gasteiger partial charge in [0.2, 0.25) is 0 Å². The lowest BCUT2D eigenvalue weighted by atomic mass is 10.1. The molecular weight excluding hydrogens is 248 g/mol. The molecule has 1 N–H and O–H groups in total. The summed E-state index contributed by atoms with van der Waals surface area (Å²) in [7, 11) is 0. The van der Waals surface area contributed by atoms with Gasteiger partial charge < -0.3 is 5.11 Å². The van der Waals surface area contributed by atoms with Gasteiger partial charge in [-0.15, -0.1) is 11.3 Å². The van der Waals surface area contributed by atoms with Crippen LogP contribution in [0.5, 0.6) is 5.75 Å². The summed E-state index contributed by atoms with van der Waals surface area (Å²) in [6.45, 7) is 4.78. The molecule has 0 saturated heterocycles. The van der Waals surface area contributed by atoms with Crippen LogP contribution in [-0.2, 0) is 6.54 Å². The molecule has 2 rings (SSSR count). The maximum atomic E-state index is 11.7. The first-order chi connectivity index (χ1) is 8.58. The van der Waals surface area contributed by atoms with E-state index in [0.717, 1.165) is 11.3 Å². The van der Waals surface area contributed by atoms with Crippen molar-refractivity contribution in [3.63, 3.8) is 0 Å². The molecule has 2 aromatic rings. The fourth-order valence-electron chi connectivity index (χ4n) is 1.61. The average molecular weight is 264 g/mol. The lowest BCUT2D eigenvalue weighted by Crippen LogP contribution is -2.23. The number of aryl methyl sites for hydroxylation is 1. The molecule has 0 aliphatic heterocycles. The first-order valence-corrected chi connectivity index (χ1v) is 6.81. The fourth-order valence-corrected chi connectivity index (χ4v) is 2.33. The number of nitrogens with zero attached hydrogens (tertiary/aromatic N) is 2. The van der Waals surface area contributed by atoms with E-state index in [9.17, 15) is 9.90 Å². The van der Waals surface area contributed by atoms with Crippen molar-refractivity contribution >= 4 is 11.3 Å². The molecule has 0 bridgehead atoms. The van der Waals surface area contributed by atoms with Crippen LogP contribution in [0, 0.1) is 5.92 Å². The third-order valence-corrected chi connectivity index (χ3v) is 3.53. The molecule has 0 fully saturated rings. The van der Waals surface area contributed by atoms with Crippen molar-refractivity contribution in [2.45, 2.75) is 26.8 Å². The molecule has 18 heavy (non-hydrogen) atoms. The van der Waals surface area contributed by atoms with E-state index in [-0.39, 0.29) is 11.3 Å². The second-order valence-corrected chi connectivity index (χ2v) is 5.55. The molecule has 0 saturated carbocycles. The zero-order chi connectivity index (χ0) is 13.1. The lowest BCUT2D eigenvalue weighted by molar-refractivity contribution is 0.445. The van der Waals surface area contributed by atoms with Crippen molar-refractivity contribution in [1.29, 1.82) is 0 Å². The first kappa shape index (κ1) is 12.8. The SMILES string of the molecule is CC(C)CCn1nc(-c2cccs2)c(O)cc1=O. The van der Waals surface area contributed by atoms with Crippen LogP contribution in [0.2, 0.25) is 0 Å².